The summed E-state index contributed by atoms with van der Waals surface area (Å²) in [6, 6.07) is 8.32. The lowest BCUT2D eigenvalue weighted by atomic mass is 10.1. The zero-order chi connectivity index (χ0) is 18.7. The van der Waals surface area contributed by atoms with E-state index in [-0.39, 0.29) is 5.97 Å². The number of hydrogen-bond acceptors (Lipinski definition) is 3. The Bertz CT molecular complexity index is 479. The molecule has 0 fully saturated rings. The predicted molar refractivity (Wildman–Crippen MR) is 107 cm³/mol. The Balaban J connectivity index is 2.56. The SMILES string of the molecule is CCCCCCCN(c1ccc(C(=O)OCCC(C)C)cc1)C(C)C. The number of nitrogens with zero attached hydrogens (tertiary/aromatic N) is 1. The van der Waals surface area contributed by atoms with Gasteiger partial charge >= 0.3 is 5.97 Å². The molecule has 0 aliphatic heterocycles. The molecule has 0 bridgehead atoms. The third-order valence-corrected chi connectivity index (χ3v) is 4.49. The van der Waals surface area contributed by atoms with Crippen molar-refractivity contribution in [2.24, 2.45) is 5.92 Å². The van der Waals surface area contributed by atoms with Gasteiger partial charge in [-0.2, -0.15) is 0 Å². The van der Waals surface area contributed by atoms with Crippen molar-refractivity contribution in [2.75, 3.05) is 18.1 Å². The fourth-order valence-corrected chi connectivity index (χ4v) is 2.83. The standard InChI is InChI=1S/C22H37NO2/c1-6-7-8-9-10-16-23(19(4)5)21-13-11-20(12-14-21)22(24)25-17-15-18(2)3/h11-14,18-19H,6-10,15-17H2,1-5H3. The maximum Gasteiger partial charge on any atom is 0.338 e. The largest absolute Gasteiger partial charge is 0.462 e. The third-order valence-electron chi connectivity index (χ3n) is 4.49. The molecule has 0 aromatic heterocycles. The highest BCUT2D eigenvalue weighted by Crippen LogP contribution is 2.20. The first-order valence-electron chi connectivity index (χ1n) is 9.99. The molecular weight excluding hydrogens is 310 g/mol. The number of benzene rings is 1. The number of unbranched alkanes of at least 4 members (excludes halogenated alkanes) is 4. The molecule has 0 amide bonds. The van der Waals surface area contributed by atoms with Crippen LogP contribution in [0.3, 0.4) is 0 Å². The molecule has 3 nitrogen and oxygen atoms in total. The minimum absolute atomic E-state index is 0.220. The first kappa shape index (κ1) is 21.5. The lowest BCUT2D eigenvalue weighted by Crippen LogP contribution is -2.31. The maximum atomic E-state index is 12.1. The van der Waals surface area contributed by atoms with Gasteiger partial charge in [-0.25, -0.2) is 4.79 Å². The molecule has 0 atom stereocenters. The van der Waals surface area contributed by atoms with Gasteiger partial charge in [-0.3, -0.25) is 0 Å². The van der Waals surface area contributed by atoms with Crippen molar-refractivity contribution < 1.29 is 9.53 Å². The number of carbonyl (C=O) groups is 1. The van der Waals surface area contributed by atoms with Gasteiger partial charge in [0.25, 0.3) is 0 Å². The fourth-order valence-electron chi connectivity index (χ4n) is 2.83. The predicted octanol–water partition coefficient (Wildman–Crippen LogP) is 6.07. The second-order valence-electron chi connectivity index (χ2n) is 7.57. The van der Waals surface area contributed by atoms with E-state index in [9.17, 15) is 4.79 Å². The first-order chi connectivity index (χ1) is 12.0. The summed E-state index contributed by atoms with van der Waals surface area (Å²) >= 11 is 0. The smallest absolute Gasteiger partial charge is 0.338 e. The van der Waals surface area contributed by atoms with Crippen molar-refractivity contribution in [2.45, 2.75) is 79.2 Å². The first-order valence-corrected chi connectivity index (χ1v) is 9.99. The van der Waals surface area contributed by atoms with Crippen LogP contribution in [0.4, 0.5) is 5.69 Å². The molecule has 0 radical (unpaired) electrons. The van der Waals surface area contributed by atoms with Crippen LogP contribution in [0.15, 0.2) is 24.3 Å². The van der Waals surface area contributed by atoms with Gasteiger partial charge in [0.15, 0.2) is 0 Å². The molecule has 0 unspecified atom stereocenters. The topological polar surface area (TPSA) is 29.5 Å². The Hall–Kier alpha value is -1.51. The Morgan fingerprint density at radius 1 is 1.00 bits per heavy atom. The van der Waals surface area contributed by atoms with E-state index < -0.39 is 0 Å². The van der Waals surface area contributed by atoms with Gasteiger partial charge in [0.05, 0.1) is 12.2 Å². The average Bonchev–Trinajstić information content (AvgIpc) is 2.57. The van der Waals surface area contributed by atoms with Crippen LogP contribution in [0.25, 0.3) is 0 Å². The van der Waals surface area contributed by atoms with Crippen LogP contribution < -0.4 is 4.90 Å². The normalized spacial score (nSPS) is 11.2. The van der Waals surface area contributed by atoms with Crippen LogP contribution in [0.1, 0.15) is 83.5 Å². The number of hydrogen-bond donors (Lipinski definition) is 0. The fraction of sp³-hybridized carbons (Fsp3) is 0.682. The van der Waals surface area contributed by atoms with Crippen molar-refractivity contribution in [3.05, 3.63) is 29.8 Å². The van der Waals surface area contributed by atoms with Crippen molar-refractivity contribution in [3.63, 3.8) is 0 Å². The highest BCUT2D eigenvalue weighted by molar-refractivity contribution is 5.89. The monoisotopic (exact) mass is 347 g/mol. The summed E-state index contributed by atoms with van der Waals surface area (Å²) in [4.78, 5) is 14.5. The molecule has 0 saturated carbocycles. The van der Waals surface area contributed by atoms with Gasteiger partial charge in [0.1, 0.15) is 0 Å². The van der Waals surface area contributed by atoms with E-state index in [1.54, 1.807) is 0 Å². The lowest BCUT2D eigenvalue weighted by molar-refractivity contribution is 0.0488. The Kier molecular flexibility index (Phi) is 10.3. The summed E-state index contributed by atoms with van der Waals surface area (Å²) < 4.78 is 5.34. The van der Waals surface area contributed by atoms with Crippen LogP contribution in [0.5, 0.6) is 0 Å². The highest BCUT2D eigenvalue weighted by Gasteiger charge is 2.12. The number of ether oxygens (including phenoxy) is 1. The van der Waals surface area contributed by atoms with E-state index in [4.69, 9.17) is 4.74 Å². The van der Waals surface area contributed by atoms with E-state index >= 15 is 0 Å². The van der Waals surface area contributed by atoms with E-state index in [1.165, 1.54) is 37.8 Å². The average molecular weight is 348 g/mol. The molecule has 25 heavy (non-hydrogen) atoms. The van der Waals surface area contributed by atoms with Gasteiger partial charge in [-0.1, -0.05) is 46.5 Å². The molecular formula is C22H37NO2. The summed E-state index contributed by atoms with van der Waals surface area (Å²) in [6.45, 7) is 12.5. The van der Waals surface area contributed by atoms with Crippen LogP contribution in [0.2, 0.25) is 0 Å². The second kappa shape index (κ2) is 11.9. The molecule has 1 aromatic rings. The summed E-state index contributed by atoms with van der Waals surface area (Å²) in [5.41, 5.74) is 1.82. The molecule has 1 rings (SSSR count). The molecule has 142 valence electrons. The zero-order valence-electron chi connectivity index (χ0n) is 16.9. The Labute approximate surface area is 154 Å². The highest BCUT2D eigenvalue weighted by atomic mass is 16.5. The molecule has 0 heterocycles. The van der Waals surface area contributed by atoms with Crippen LogP contribution in [-0.4, -0.2) is 25.2 Å². The van der Waals surface area contributed by atoms with Crippen molar-refractivity contribution in [1.29, 1.82) is 0 Å². The summed E-state index contributed by atoms with van der Waals surface area (Å²) in [6.07, 6.45) is 7.35. The maximum absolute atomic E-state index is 12.1. The Morgan fingerprint density at radius 3 is 2.20 bits per heavy atom. The molecule has 0 N–H and O–H groups in total. The minimum atomic E-state index is -0.220. The van der Waals surface area contributed by atoms with Crippen molar-refractivity contribution in [3.8, 4) is 0 Å². The number of rotatable bonds is 12. The summed E-state index contributed by atoms with van der Waals surface area (Å²) in [7, 11) is 0. The van der Waals surface area contributed by atoms with E-state index in [0.717, 1.165) is 13.0 Å². The quantitative estimate of drug-likeness (QED) is 0.339. The van der Waals surface area contributed by atoms with Gasteiger partial charge in [-0.05, 0) is 56.9 Å². The number of esters is 1. The molecule has 0 spiro atoms. The summed E-state index contributed by atoms with van der Waals surface area (Å²) in [5, 5.41) is 0. The van der Waals surface area contributed by atoms with E-state index in [2.05, 4.69) is 39.5 Å². The lowest BCUT2D eigenvalue weighted by Gasteiger charge is -2.29. The second-order valence-corrected chi connectivity index (χ2v) is 7.57. The minimum Gasteiger partial charge on any atom is -0.462 e. The van der Waals surface area contributed by atoms with Crippen molar-refractivity contribution in [1.82, 2.24) is 0 Å². The third kappa shape index (κ3) is 8.42. The van der Waals surface area contributed by atoms with Crippen LogP contribution >= 0.6 is 0 Å². The van der Waals surface area contributed by atoms with Gasteiger partial charge in [0.2, 0.25) is 0 Å². The van der Waals surface area contributed by atoms with Crippen LogP contribution in [-0.2, 0) is 4.74 Å². The molecule has 0 aliphatic rings. The van der Waals surface area contributed by atoms with Gasteiger partial charge < -0.3 is 9.64 Å². The molecule has 0 saturated heterocycles. The Morgan fingerprint density at radius 2 is 1.64 bits per heavy atom. The number of carbonyl (C=O) groups excluding carboxylic acids is 1. The van der Waals surface area contributed by atoms with Crippen molar-refractivity contribution >= 4 is 11.7 Å². The van der Waals surface area contributed by atoms with Crippen LogP contribution in [0, 0.1) is 5.92 Å². The molecule has 3 heteroatoms. The van der Waals surface area contributed by atoms with Gasteiger partial charge in [0, 0.05) is 18.3 Å². The summed E-state index contributed by atoms with van der Waals surface area (Å²) in [5.74, 6) is 0.329. The van der Waals surface area contributed by atoms with E-state index in [1.807, 2.05) is 24.3 Å². The zero-order valence-corrected chi connectivity index (χ0v) is 16.9. The van der Waals surface area contributed by atoms with Gasteiger partial charge in [-0.15, -0.1) is 0 Å². The van der Waals surface area contributed by atoms with E-state index in [0.29, 0.717) is 24.1 Å². The number of anilines is 1. The molecule has 0 aliphatic carbocycles. The molecule has 1 aromatic carbocycles.